The van der Waals surface area contributed by atoms with Crippen molar-refractivity contribution in [1.82, 2.24) is 4.90 Å². The summed E-state index contributed by atoms with van der Waals surface area (Å²) < 4.78 is 0. The zero-order chi connectivity index (χ0) is 13.0. The van der Waals surface area contributed by atoms with Crippen LogP contribution in [0.15, 0.2) is 18.2 Å². The second kappa shape index (κ2) is 5.80. The molecule has 1 amide bonds. The molecule has 0 radical (unpaired) electrons. The van der Waals surface area contributed by atoms with Crippen molar-refractivity contribution in [2.24, 2.45) is 0 Å². The predicted octanol–water partition coefficient (Wildman–Crippen LogP) is 2.69. The Morgan fingerprint density at radius 3 is 2.89 bits per heavy atom. The summed E-state index contributed by atoms with van der Waals surface area (Å²) >= 11 is 0. The standard InChI is InChI=1S/C15H19NO2/c1-2-3-4-9-16-10-8-13-12(11-17)6-5-7-14(13)15(16)18/h5-7,11H,2-4,8-10H2,1H3. The average molecular weight is 245 g/mol. The van der Waals surface area contributed by atoms with Gasteiger partial charge < -0.3 is 4.90 Å². The zero-order valence-corrected chi connectivity index (χ0v) is 10.8. The zero-order valence-electron chi connectivity index (χ0n) is 10.8. The van der Waals surface area contributed by atoms with Crippen LogP contribution in [-0.4, -0.2) is 30.2 Å². The molecule has 18 heavy (non-hydrogen) atoms. The Morgan fingerprint density at radius 2 is 2.17 bits per heavy atom. The molecule has 0 N–H and O–H groups in total. The number of carbonyl (C=O) groups is 2. The van der Waals surface area contributed by atoms with Gasteiger partial charge in [0.25, 0.3) is 5.91 Å². The van der Waals surface area contributed by atoms with E-state index in [1.54, 1.807) is 12.1 Å². The molecule has 96 valence electrons. The molecule has 0 aromatic heterocycles. The maximum atomic E-state index is 12.3. The second-order valence-electron chi connectivity index (χ2n) is 4.74. The SMILES string of the molecule is CCCCCN1CCc2c(C=O)cccc2C1=O. The van der Waals surface area contributed by atoms with E-state index >= 15 is 0 Å². The van der Waals surface area contributed by atoms with Crippen molar-refractivity contribution < 1.29 is 9.59 Å². The van der Waals surface area contributed by atoms with Crippen LogP contribution in [0.25, 0.3) is 0 Å². The van der Waals surface area contributed by atoms with E-state index in [0.29, 0.717) is 11.1 Å². The third kappa shape index (κ3) is 2.45. The number of nitrogens with zero attached hydrogens (tertiary/aromatic N) is 1. The van der Waals surface area contributed by atoms with Crippen molar-refractivity contribution in [3.05, 3.63) is 34.9 Å². The van der Waals surface area contributed by atoms with Gasteiger partial charge in [0, 0.05) is 24.2 Å². The van der Waals surface area contributed by atoms with Crippen LogP contribution >= 0.6 is 0 Å². The van der Waals surface area contributed by atoms with Crippen molar-refractivity contribution in [1.29, 1.82) is 0 Å². The highest BCUT2D eigenvalue weighted by Gasteiger charge is 2.25. The van der Waals surface area contributed by atoms with Gasteiger partial charge in [-0.05, 0) is 24.5 Å². The molecule has 0 spiro atoms. The van der Waals surface area contributed by atoms with Crippen LogP contribution in [0.2, 0.25) is 0 Å². The number of fused-ring (bicyclic) bond motifs is 1. The van der Waals surface area contributed by atoms with Gasteiger partial charge in [-0.2, -0.15) is 0 Å². The monoisotopic (exact) mass is 245 g/mol. The molecule has 0 unspecified atom stereocenters. The van der Waals surface area contributed by atoms with Crippen LogP contribution in [0, 0.1) is 0 Å². The predicted molar refractivity (Wildman–Crippen MR) is 71.0 cm³/mol. The number of unbranched alkanes of at least 4 members (excludes halogenated alkanes) is 2. The van der Waals surface area contributed by atoms with Gasteiger partial charge in [0.05, 0.1) is 0 Å². The Kier molecular flexibility index (Phi) is 4.13. The molecular formula is C15H19NO2. The van der Waals surface area contributed by atoms with Crippen LogP contribution in [0.4, 0.5) is 0 Å². The van der Waals surface area contributed by atoms with Gasteiger partial charge >= 0.3 is 0 Å². The van der Waals surface area contributed by atoms with E-state index in [2.05, 4.69) is 6.92 Å². The lowest BCUT2D eigenvalue weighted by Crippen LogP contribution is -2.38. The number of hydrogen-bond acceptors (Lipinski definition) is 2. The van der Waals surface area contributed by atoms with E-state index in [-0.39, 0.29) is 5.91 Å². The molecule has 3 heteroatoms. The summed E-state index contributed by atoms with van der Waals surface area (Å²) in [5.74, 6) is 0.0797. The van der Waals surface area contributed by atoms with Gasteiger partial charge in [0.15, 0.2) is 0 Å². The molecular weight excluding hydrogens is 226 g/mol. The maximum absolute atomic E-state index is 12.3. The minimum atomic E-state index is 0.0797. The summed E-state index contributed by atoms with van der Waals surface area (Å²) in [7, 11) is 0. The molecule has 3 nitrogen and oxygen atoms in total. The lowest BCUT2D eigenvalue weighted by Gasteiger charge is -2.29. The van der Waals surface area contributed by atoms with Gasteiger partial charge in [-0.15, -0.1) is 0 Å². The summed E-state index contributed by atoms with van der Waals surface area (Å²) in [5, 5.41) is 0. The Labute approximate surface area is 108 Å². The smallest absolute Gasteiger partial charge is 0.254 e. The van der Waals surface area contributed by atoms with Gasteiger partial charge in [0.1, 0.15) is 6.29 Å². The molecule has 1 aliphatic rings. The summed E-state index contributed by atoms with van der Waals surface area (Å²) in [6, 6.07) is 5.40. The summed E-state index contributed by atoms with van der Waals surface area (Å²) in [6.45, 7) is 3.72. The van der Waals surface area contributed by atoms with Gasteiger partial charge in [-0.3, -0.25) is 9.59 Å². The molecule has 0 saturated carbocycles. The van der Waals surface area contributed by atoms with E-state index in [0.717, 1.165) is 50.6 Å². The van der Waals surface area contributed by atoms with Crippen molar-refractivity contribution >= 4 is 12.2 Å². The normalized spacial score (nSPS) is 14.5. The van der Waals surface area contributed by atoms with E-state index in [9.17, 15) is 9.59 Å². The van der Waals surface area contributed by atoms with Crippen molar-refractivity contribution in [2.75, 3.05) is 13.1 Å². The Bertz CT molecular complexity index is 454. The molecule has 1 aliphatic heterocycles. The van der Waals surface area contributed by atoms with Gasteiger partial charge in [-0.1, -0.05) is 31.9 Å². The van der Waals surface area contributed by atoms with Gasteiger partial charge in [0.2, 0.25) is 0 Å². The Hall–Kier alpha value is -1.64. The first kappa shape index (κ1) is 12.8. The maximum Gasteiger partial charge on any atom is 0.254 e. The molecule has 0 saturated heterocycles. The van der Waals surface area contributed by atoms with Crippen LogP contribution in [0.5, 0.6) is 0 Å². The largest absolute Gasteiger partial charge is 0.338 e. The highest BCUT2D eigenvalue weighted by atomic mass is 16.2. The highest BCUT2D eigenvalue weighted by molar-refractivity contribution is 5.99. The first-order chi connectivity index (χ1) is 8.77. The third-order valence-electron chi connectivity index (χ3n) is 3.52. The number of carbonyl (C=O) groups excluding carboxylic acids is 2. The molecule has 1 aromatic rings. The fraction of sp³-hybridized carbons (Fsp3) is 0.467. The van der Waals surface area contributed by atoms with Crippen molar-refractivity contribution in [3.63, 3.8) is 0 Å². The van der Waals surface area contributed by atoms with Crippen LogP contribution < -0.4 is 0 Å². The van der Waals surface area contributed by atoms with Crippen LogP contribution in [-0.2, 0) is 6.42 Å². The lowest BCUT2D eigenvalue weighted by atomic mass is 9.94. The first-order valence-corrected chi connectivity index (χ1v) is 6.64. The quantitative estimate of drug-likeness (QED) is 0.591. The number of aldehydes is 1. The molecule has 0 fully saturated rings. The summed E-state index contributed by atoms with van der Waals surface area (Å²) in [6.07, 6.45) is 5.02. The molecule has 0 aliphatic carbocycles. The van der Waals surface area contributed by atoms with Crippen LogP contribution in [0.1, 0.15) is 52.5 Å². The fourth-order valence-corrected chi connectivity index (χ4v) is 2.48. The molecule has 2 rings (SSSR count). The summed E-state index contributed by atoms with van der Waals surface area (Å²) in [4.78, 5) is 25.2. The molecule has 1 heterocycles. The van der Waals surface area contributed by atoms with Crippen molar-refractivity contribution in [2.45, 2.75) is 32.6 Å². The lowest BCUT2D eigenvalue weighted by molar-refractivity contribution is 0.0736. The second-order valence-corrected chi connectivity index (χ2v) is 4.74. The van der Waals surface area contributed by atoms with E-state index < -0.39 is 0 Å². The number of amides is 1. The first-order valence-electron chi connectivity index (χ1n) is 6.64. The number of rotatable bonds is 5. The van der Waals surface area contributed by atoms with E-state index in [1.807, 2.05) is 11.0 Å². The van der Waals surface area contributed by atoms with E-state index in [4.69, 9.17) is 0 Å². The number of benzene rings is 1. The number of hydrogen-bond donors (Lipinski definition) is 0. The highest BCUT2D eigenvalue weighted by Crippen LogP contribution is 2.22. The Balaban J connectivity index is 2.16. The average Bonchev–Trinajstić information content (AvgIpc) is 2.41. The minimum absolute atomic E-state index is 0.0797. The van der Waals surface area contributed by atoms with Gasteiger partial charge in [-0.25, -0.2) is 0 Å². The van der Waals surface area contributed by atoms with Crippen LogP contribution in [0.3, 0.4) is 0 Å². The molecule has 1 aromatic carbocycles. The van der Waals surface area contributed by atoms with E-state index in [1.165, 1.54) is 0 Å². The third-order valence-corrected chi connectivity index (χ3v) is 3.52. The minimum Gasteiger partial charge on any atom is -0.338 e. The fourth-order valence-electron chi connectivity index (χ4n) is 2.48. The molecule has 0 bridgehead atoms. The topological polar surface area (TPSA) is 37.4 Å². The summed E-state index contributed by atoms with van der Waals surface area (Å²) in [5.41, 5.74) is 2.29. The Morgan fingerprint density at radius 1 is 1.33 bits per heavy atom. The van der Waals surface area contributed by atoms with Crippen molar-refractivity contribution in [3.8, 4) is 0 Å². The molecule has 0 atom stereocenters.